The van der Waals surface area contributed by atoms with Gasteiger partial charge in [-0.05, 0) is 13.3 Å². The molecule has 0 bridgehead atoms. The molecule has 0 rings (SSSR count). The number of hydrogen-bond acceptors (Lipinski definition) is 6. The first-order valence-electron chi connectivity index (χ1n) is 1.99. The van der Waals surface area contributed by atoms with Gasteiger partial charge in [0.25, 0.3) is 0 Å². The van der Waals surface area contributed by atoms with E-state index in [0.717, 1.165) is 0 Å². The molecular weight excluding hydrogens is 646 g/mol. The minimum atomic E-state index is -4.14. The molecule has 0 spiro atoms. The molecule has 0 amide bonds. The van der Waals surface area contributed by atoms with Gasteiger partial charge in [0.05, 0.1) is 0 Å². The van der Waals surface area contributed by atoms with Crippen molar-refractivity contribution in [2.75, 3.05) is 13.3 Å². The fourth-order valence-electron chi connectivity index (χ4n) is 0. The molecule has 0 atom stereocenters. The summed E-state index contributed by atoms with van der Waals surface area (Å²) in [5, 5.41) is 0. The van der Waals surface area contributed by atoms with Crippen molar-refractivity contribution >= 4 is 15.2 Å². The molecule has 0 heterocycles. The molecule has 0 aliphatic rings. The second-order valence-electron chi connectivity index (χ2n) is 1.54. The molecule has 12 heavy (non-hydrogen) atoms. The molecule has 0 aromatic heterocycles. The van der Waals surface area contributed by atoms with Gasteiger partial charge in [-0.3, -0.25) is 0 Å². The Bertz CT molecular complexity index is 134. The molecule has 6 nitrogen and oxygen atoms in total. The normalized spacial score (nSPS) is 9.83. The monoisotopic (exact) mass is 652 g/mol. The molecule has 0 aliphatic heterocycles. The minimum Gasteiger partial charge on any atom is -0.811 e. The quantitative estimate of drug-likeness (QED) is 0.258. The maximum absolute atomic E-state index is 9.10. The second-order valence-corrected chi connectivity index (χ2v) is 4.63. The van der Waals surface area contributed by atoms with Crippen LogP contribution in [-0.2, 0) is 9.13 Å². The summed E-state index contributed by atoms with van der Waals surface area (Å²) in [6.45, 7) is 1.26. The Balaban J connectivity index is -0.0000000457. The van der Waals surface area contributed by atoms with Crippen molar-refractivity contribution in [3.05, 3.63) is 0 Å². The van der Waals surface area contributed by atoms with E-state index in [2.05, 4.69) is 0 Å². The zero-order valence-corrected chi connectivity index (χ0v) is 16.4. The Morgan fingerprint density at radius 2 is 0.750 bits per heavy atom. The van der Waals surface area contributed by atoms with Crippen LogP contribution in [0.4, 0.5) is 0 Å². The first kappa shape index (κ1) is 24.3. The van der Waals surface area contributed by atoms with Gasteiger partial charge in [-0.25, -0.2) is 0 Å². The SMILES string of the molecule is CP(=O)([O-])[O-].CP(=O)([O-])[O-].[Th+2].[Th+2]. The largest absolute Gasteiger partial charge is 2.00 e. The molecule has 0 radical (unpaired) electrons. The molecule has 0 aliphatic carbocycles. The van der Waals surface area contributed by atoms with E-state index in [1.165, 1.54) is 0 Å². The van der Waals surface area contributed by atoms with E-state index in [9.17, 15) is 0 Å². The predicted molar refractivity (Wildman–Crippen MR) is 27.1 cm³/mol. The van der Waals surface area contributed by atoms with E-state index in [4.69, 9.17) is 28.7 Å². The van der Waals surface area contributed by atoms with Crippen LogP contribution in [0, 0.1) is 79.9 Å². The summed E-state index contributed by atoms with van der Waals surface area (Å²) < 4.78 is 18.2. The summed E-state index contributed by atoms with van der Waals surface area (Å²) in [6, 6.07) is 0. The summed E-state index contributed by atoms with van der Waals surface area (Å²) >= 11 is 0. The predicted octanol–water partition coefficient (Wildman–Crippen LogP) is -2.94. The molecule has 10 heteroatoms. The fourth-order valence-corrected chi connectivity index (χ4v) is 0. The maximum Gasteiger partial charge on any atom is 2.00 e. The zero-order valence-electron chi connectivity index (χ0n) is 6.34. The van der Waals surface area contributed by atoms with Gasteiger partial charge in [0, 0.05) is 0 Å². The summed E-state index contributed by atoms with van der Waals surface area (Å²) in [7, 11) is -8.28. The first-order chi connectivity index (χ1) is 4.00. The van der Waals surface area contributed by atoms with Gasteiger partial charge < -0.3 is 28.7 Å². The molecule has 0 aromatic rings. The van der Waals surface area contributed by atoms with Crippen LogP contribution in [0.2, 0.25) is 0 Å². The van der Waals surface area contributed by atoms with E-state index in [0.29, 0.717) is 13.3 Å². The van der Waals surface area contributed by atoms with Crippen LogP contribution in [0.5, 0.6) is 0 Å². The van der Waals surface area contributed by atoms with Gasteiger partial charge in [-0.2, -0.15) is 0 Å². The van der Waals surface area contributed by atoms with Gasteiger partial charge >= 0.3 is 79.9 Å². The molecular formula is C2H6O6P2Th2. The van der Waals surface area contributed by atoms with Gasteiger partial charge in [0.1, 0.15) is 0 Å². The van der Waals surface area contributed by atoms with Gasteiger partial charge in [0.15, 0.2) is 0 Å². The second kappa shape index (κ2) is 10.5. The third-order valence-electron chi connectivity index (χ3n) is 0. The van der Waals surface area contributed by atoms with Gasteiger partial charge in [-0.1, -0.05) is 15.2 Å². The first-order valence-corrected chi connectivity index (χ1v) is 5.97. The van der Waals surface area contributed by atoms with E-state index < -0.39 is 15.2 Å². The van der Waals surface area contributed by atoms with Crippen LogP contribution in [0.1, 0.15) is 0 Å². The Morgan fingerprint density at radius 1 is 0.750 bits per heavy atom. The van der Waals surface area contributed by atoms with Crippen molar-refractivity contribution in [1.82, 2.24) is 0 Å². The molecule has 0 fully saturated rings. The van der Waals surface area contributed by atoms with Crippen LogP contribution >= 0.6 is 15.2 Å². The number of rotatable bonds is 0. The Hall–Kier alpha value is 2.95. The molecule has 0 saturated carbocycles. The van der Waals surface area contributed by atoms with Crippen molar-refractivity contribution in [2.45, 2.75) is 0 Å². The van der Waals surface area contributed by atoms with Crippen molar-refractivity contribution in [2.24, 2.45) is 0 Å². The van der Waals surface area contributed by atoms with E-state index >= 15 is 0 Å². The van der Waals surface area contributed by atoms with E-state index in [1.54, 1.807) is 0 Å². The molecule has 68 valence electrons. The van der Waals surface area contributed by atoms with Crippen molar-refractivity contribution in [3.8, 4) is 0 Å². The molecule has 0 N–H and O–H groups in total. The third kappa shape index (κ3) is 213. The standard InChI is InChI=1S/2CH5O3P.2Th/c2*1-5(2,3)4;;/h2*1H3,(H2,2,3,4);;/q;;2*+2/p-4. The van der Waals surface area contributed by atoms with Gasteiger partial charge in [-0.15, -0.1) is 0 Å². The Morgan fingerprint density at radius 3 is 0.750 bits per heavy atom. The summed E-state index contributed by atoms with van der Waals surface area (Å²) in [5.41, 5.74) is 0. The molecule has 0 saturated heterocycles. The van der Waals surface area contributed by atoms with E-state index in [1.807, 2.05) is 0 Å². The van der Waals surface area contributed by atoms with Crippen LogP contribution in [-0.4, -0.2) is 13.3 Å². The average Bonchev–Trinajstić information content (AvgIpc) is 1.12. The van der Waals surface area contributed by atoms with Crippen molar-refractivity contribution < 1.29 is 109 Å². The molecule has 0 unspecified atom stereocenters. The fraction of sp³-hybridized carbons (Fsp3) is 1.00. The van der Waals surface area contributed by atoms with Crippen LogP contribution in [0.25, 0.3) is 0 Å². The third-order valence-corrected chi connectivity index (χ3v) is 0. The summed E-state index contributed by atoms with van der Waals surface area (Å²) in [4.78, 5) is 36.4. The van der Waals surface area contributed by atoms with Crippen LogP contribution < -0.4 is 19.6 Å². The maximum atomic E-state index is 9.10. The van der Waals surface area contributed by atoms with Crippen LogP contribution in [0.3, 0.4) is 0 Å². The molecule has 0 aromatic carbocycles. The number of hydrogen-bond donors (Lipinski definition) is 0. The zero-order chi connectivity index (χ0) is 9.00. The summed E-state index contributed by atoms with van der Waals surface area (Å²) in [5.74, 6) is 0. The summed E-state index contributed by atoms with van der Waals surface area (Å²) in [6.07, 6.45) is 0. The van der Waals surface area contributed by atoms with Crippen LogP contribution in [0.15, 0.2) is 0 Å². The average molecular weight is 652 g/mol. The Labute approximate surface area is 135 Å². The topological polar surface area (TPSA) is 126 Å². The van der Waals surface area contributed by atoms with E-state index in [-0.39, 0.29) is 79.9 Å². The minimum absolute atomic E-state index is 0. The van der Waals surface area contributed by atoms with Crippen molar-refractivity contribution in [1.29, 1.82) is 0 Å². The smallest absolute Gasteiger partial charge is 0.811 e. The Kier molecular flexibility index (Phi) is 21.2. The van der Waals surface area contributed by atoms with Crippen molar-refractivity contribution in [3.63, 3.8) is 0 Å². The van der Waals surface area contributed by atoms with Gasteiger partial charge in [0.2, 0.25) is 0 Å².